The molecule has 0 amide bonds. The fraction of sp³-hybridized carbons (Fsp3) is 0.0909. The normalized spacial score (nSPS) is 10.5. The molecule has 2 N–H and O–H groups in total. The van der Waals surface area contributed by atoms with Crippen LogP contribution in [-0.2, 0) is 0 Å². The van der Waals surface area contributed by atoms with Crippen molar-refractivity contribution in [2.45, 2.75) is 6.92 Å². The van der Waals surface area contributed by atoms with Gasteiger partial charge in [0.2, 0.25) is 0 Å². The molecule has 0 aliphatic rings. The Bertz CT molecular complexity index is 549. The monoisotopic (exact) mass is 203 g/mol. The molecular formula is C11H9NO3. The van der Waals surface area contributed by atoms with Crippen molar-refractivity contribution in [3.63, 3.8) is 0 Å². The van der Waals surface area contributed by atoms with Crippen LogP contribution in [0.1, 0.15) is 15.9 Å². The predicted octanol–water partition coefficient (Wildman–Crippen LogP) is 1.95. The highest BCUT2D eigenvalue weighted by atomic mass is 16.4. The molecule has 1 aromatic carbocycles. The van der Waals surface area contributed by atoms with Crippen molar-refractivity contribution in [3.05, 3.63) is 35.5 Å². The summed E-state index contributed by atoms with van der Waals surface area (Å²) in [7, 11) is 0. The Morgan fingerprint density at radius 3 is 2.87 bits per heavy atom. The molecule has 76 valence electrons. The molecule has 0 saturated carbocycles. The van der Waals surface area contributed by atoms with Crippen molar-refractivity contribution in [3.8, 4) is 5.75 Å². The lowest BCUT2D eigenvalue weighted by Crippen LogP contribution is -1.99. The first-order chi connectivity index (χ1) is 7.11. The largest absolute Gasteiger partial charge is 0.505 e. The second-order valence-electron chi connectivity index (χ2n) is 3.29. The fourth-order valence-corrected chi connectivity index (χ4v) is 1.54. The Morgan fingerprint density at radius 2 is 2.20 bits per heavy atom. The van der Waals surface area contributed by atoms with Crippen LogP contribution >= 0.6 is 0 Å². The molecule has 0 atom stereocenters. The highest BCUT2D eigenvalue weighted by Gasteiger charge is 2.13. The second kappa shape index (κ2) is 3.24. The summed E-state index contributed by atoms with van der Waals surface area (Å²) in [4.78, 5) is 14.9. The summed E-state index contributed by atoms with van der Waals surface area (Å²) in [5.41, 5.74) is 1.00. The van der Waals surface area contributed by atoms with E-state index in [9.17, 15) is 9.90 Å². The zero-order chi connectivity index (χ0) is 11.0. The van der Waals surface area contributed by atoms with Crippen molar-refractivity contribution in [1.29, 1.82) is 0 Å². The standard InChI is InChI=1S/C11H9NO3/c1-6-5-8(11(14)15)7-3-2-4-12-9(7)10(6)13/h2-5,13H,1H3,(H,14,15). The zero-order valence-corrected chi connectivity index (χ0v) is 8.06. The number of phenols is 1. The molecule has 0 aliphatic carbocycles. The van der Waals surface area contributed by atoms with E-state index in [0.717, 1.165) is 0 Å². The third-order valence-corrected chi connectivity index (χ3v) is 2.29. The third-order valence-electron chi connectivity index (χ3n) is 2.29. The Hall–Kier alpha value is -2.10. The van der Waals surface area contributed by atoms with Crippen LogP contribution in [0.5, 0.6) is 5.75 Å². The number of phenolic OH excluding ortho intramolecular Hbond substituents is 1. The van der Waals surface area contributed by atoms with Crippen molar-refractivity contribution >= 4 is 16.9 Å². The van der Waals surface area contributed by atoms with E-state index in [-0.39, 0.29) is 11.3 Å². The highest BCUT2D eigenvalue weighted by molar-refractivity contribution is 6.04. The maximum atomic E-state index is 11.0. The van der Waals surface area contributed by atoms with Gasteiger partial charge in [-0.05, 0) is 24.6 Å². The molecule has 0 unspecified atom stereocenters. The molecule has 0 spiro atoms. The molecule has 2 rings (SSSR count). The number of pyridine rings is 1. The minimum atomic E-state index is -1.02. The molecule has 2 aromatic rings. The van der Waals surface area contributed by atoms with E-state index in [0.29, 0.717) is 16.5 Å². The van der Waals surface area contributed by atoms with Crippen molar-refractivity contribution in [1.82, 2.24) is 4.98 Å². The number of aromatic carboxylic acids is 1. The Morgan fingerprint density at radius 1 is 1.47 bits per heavy atom. The van der Waals surface area contributed by atoms with Gasteiger partial charge in [-0.1, -0.05) is 6.07 Å². The first kappa shape index (κ1) is 9.45. The molecular weight excluding hydrogens is 194 g/mol. The number of aryl methyl sites for hydroxylation is 1. The predicted molar refractivity (Wildman–Crippen MR) is 55.1 cm³/mol. The fourth-order valence-electron chi connectivity index (χ4n) is 1.54. The van der Waals surface area contributed by atoms with E-state index in [4.69, 9.17) is 5.11 Å². The molecule has 1 heterocycles. The quantitative estimate of drug-likeness (QED) is 0.743. The van der Waals surface area contributed by atoms with Gasteiger partial charge in [0, 0.05) is 11.6 Å². The molecule has 0 fully saturated rings. The molecule has 15 heavy (non-hydrogen) atoms. The number of nitrogens with zero attached hydrogens (tertiary/aromatic N) is 1. The van der Waals surface area contributed by atoms with Crippen LogP contribution in [0, 0.1) is 6.92 Å². The summed E-state index contributed by atoms with van der Waals surface area (Å²) in [6.45, 7) is 1.65. The van der Waals surface area contributed by atoms with Gasteiger partial charge in [-0.25, -0.2) is 4.79 Å². The molecule has 4 nitrogen and oxygen atoms in total. The molecule has 4 heteroatoms. The SMILES string of the molecule is Cc1cc(C(=O)O)c2cccnc2c1O. The lowest BCUT2D eigenvalue weighted by molar-refractivity contribution is 0.0699. The average molecular weight is 203 g/mol. The Balaban J connectivity index is 2.94. The average Bonchev–Trinajstić information content (AvgIpc) is 2.23. The first-order valence-electron chi connectivity index (χ1n) is 4.42. The van der Waals surface area contributed by atoms with E-state index >= 15 is 0 Å². The van der Waals surface area contributed by atoms with Gasteiger partial charge in [0.15, 0.2) is 0 Å². The summed E-state index contributed by atoms with van der Waals surface area (Å²) in [6, 6.07) is 4.72. The van der Waals surface area contributed by atoms with Crippen molar-refractivity contribution in [2.24, 2.45) is 0 Å². The minimum absolute atomic E-state index is 0.0376. The number of carbonyl (C=O) groups is 1. The van der Waals surface area contributed by atoms with Crippen LogP contribution in [0.3, 0.4) is 0 Å². The zero-order valence-electron chi connectivity index (χ0n) is 8.06. The van der Waals surface area contributed by atoms with Gasteiger partial charge in [-0.2, -0.15) is 0 Å². The van der Waals surface area contributed by atoms with Crippen LogP contribution in [0.15, 0.2) is 24.4 Å². The number of aromatic nitrogens is 1. The number of carboxylic acids is 1. The van der Waals surface area contributed by atoms with E-state index < -0.39 is 5.97 Å². The van der Waals surface area contributed by atoms with Gasteiger partial charge in [-0.3, -0.25) is 4.98 Å². The van der Waals surface area contributed by atoms with Gasteiger partial charge in [0.1, 0.15) is 11.3 Å². The molecule has 0 radical (unpaired) electrons. The number of aromatic hydroxyl groups is 1. The highest BCUT2D eigenvalue weighted by Crippen LogP contribution is 2.29. The van der Waals surface area contributed by atoms with Gasteiger partial charge in [0.25, 0.3) is 0 Å². The van der Waals surface area contributed by atoms with Crippen LogP contribution in [0.2, 0.25) is 0 Å². The van der Waals surface area contributed by atoms with Crippen LogP contribution < -0.4 is 0 Å². The number of hydrogen-bond donors (Lipinski definition) is 2. The van der Waals surface area contributed by atoms with E-state index in [1.807, 2.05) is 0 Å². The second-order valence-corrected chi connectivity index (χ2v) is 3.29. The maximum Gasteiger partial charge on any atom is 0.336 e. The maximum absolute atomic E-state index is 11.0. The number of fused-ring (bicyclic) bond motifs is 1. The van der Waals surface area contributed by atoms with E-state index in [1.54, 1.807) is 19.1 Å². The van der Waals surface area contributed by atoms with Crippen molar-refractivity contribution < 1.29 is 15.0 Å². The summed E-state index contributed by atoms with van der Waals surface area (Å²) < 4.78 is 0. The summed E-state index contributed by atoms with van der Waals surface area (Å²) in [5.74, 6) is -0.980. The van der Waals surface area contributed by atoms with Crippen LogP contribution in [-0.4, -0.2) is 21.2 Å². The van der Waals surface area contributed by atoms with Gasteiger partial charge < -0.3 is 10.2 Å². The Labute approximate surface area is 85.8 Å². The van der Waals surface area contributed by atoms with E-state index in [2.05, 4.69) is 4.98 Å². The van der Waals surface area contributed by atoms with Crippen LogP contribution in [0.4, 0.5) is 0 Å². The summed E-state index contributed by atoms with van der Waals surface area (Å²) in [5, 5.41) is 19.1. The molecule has 0 bridgehead atoms. The lowest BCUT2D eigenvalue weighted by atomic mass is 10.0. The number of hydrogen-bond acceptors (Lipinski definition) is 3. The molecule has 0 saturated heterocycles. The number of benzene rings is 1. The van der Waals surface area contributed by atoms with Gasteiger partial charge >= 0.3 is 5.97 Å². The Kier molecular flexibility index (Phi) is 2.04. The topological polar surface area (TPSA) is 70.4 Å². The van der Waals surface area contributed by atoms with E-state index in [1.165, 1.54) is 12.3 Å². The first-order valence-corrected chi connectivity index (χ1v) is 4.42. The number of carboxylic acid groups (broad SMARTS) is 1. The summed E-state index contributed by atoms with van der Waals surface area (Å²) in [6.07, 6.45) is 1.52. The van der Waals surface area contributed by atoms with Crippen LogP contribution in [0.25, 0.3) is 10.9 Å². The lowest BCUT2D eigenvalue weighted by Gasteiger charge is -2.06. The number of rotatable bonds is 1. The summed E-state index contributed by atoms with van der Waals surface area (Å²) >= 11 is 0. The molecule has 1 aromatic heterocycles. The third kappa shape index (κ3) is 1.40. The van der Waals surface area contributed by atoms with Gasteiger partial charge in [0.05, 0.1) is 5.56 Å². The van der Waals surface area contributed by atoms with Crippen molar-refractivity contribution in [2.75, 3.05) is 0 Å². The minimum Gasteiger partial charge on any atom is -0.505 e. The molecule has 0 aliphatic heterocycles. The smallest absolute Gasteiger partial charge is 0.336 e. The van der Waals surface area contributed by atoms with Gasteiger partial charge in [-0.15, -0.1) is 0 Å².